The molecule has 2 heterocycles. The van der Waals surface area contributed by atoms with Crippen molar-refractivity contribution in [1.82, 2.24) is 9.88 Å². The highest BCUT2D eigenvalue weighted by Crippen LogP contribution is 2.29. The van der Waals surface area contributed by atoms with Crippen LogP contribution in [0.5, 0.6) is 11.5 Å². The smallest absolute Gasteiger partial charge is 0.228 e. The molecular weight excluding hydrogens is 340 g/mol. The molecule has 1 aliphatic rings. The zero-order chi connectivity index (χ0) is 17.8. The molecule has 25 heavy (non-hydrogen) atoms. The number of nitrogens with one attached hydrogen (secondary N) is 1. The van der Waals surface area contributed by atoms with E-state index in [1.807, 2.05) is 0 Å². The molecule has 3 N–H and O–H groups in total. The zero-order valence-corrected chi connectivity index (χ0v) is 14.8. The molecule has 0 spiro atoms. The summed E-state index contributed by atoms with van der Waals surface area (Å²) in [6.45, 7) is 1.87. The summed E-state index contributed by atoms with van der Waals surface area (Å²) in [6, 6.07) is 8.47. The van der Waals surface area contributed by atoms with Crippen LogP contribution < -0.4 is 15.8 Å². The fourth-order valence-electron chi connectivity index (χ4n) is 2.75. The Morgan fingerprint density at radius 2 is 2.00 bits per heavy atom. The monoisotopic (exact) mass is 360 g/mol. The average Bonchev–Trinajstić information content (AvgIpc) is 2.59. The summed E-state index contributed by atoms with van der Waals surface area (Å²) in [5.74, 6) is 1.64. The Morgan fingerprint density at radius 1 is 1.28 bits per heavy atom. The molecule has 0 bridgehead atoms. The van der Waals surface area contributed by atoms with Gasteiger partial charge >= 0.3 is 0 Å². The predicted molar refractivity (Wildman–Crippen MR) is 99.0 cm³/mol. The maximum Gasteiger partial charge on any atom is 0.228 e. The fourth-order valence-corrected chi connectivity index (χ4v) is 2.92. The van der Waals surface area contributed by atoms with Gasteiger partial charge in [0.05, 0.1) is 10.7 Å². The van der Waals surface area contributed by atoms with Gasteiger partial charge in [-0.05, 0) is 51.2 Å². The van der Waals surface area contributed by atoms with Crippen LogP contribution in [0.1, 0.15) is 12.8 Å². The largest absolute Gasteiger partial charge is 0.457 e. The van der Waals surface area contributed by atoms with Crippen LogP contribution in [-0.4, -0.2) is 35.9 Å². The highest BCUT2D eigenvalue weighted by molar-refractivity contribution is 6.33. The van der Waals surface area contributed by atoms with Gasteiger partial charge in [-0.3, -0.25) is 4.79 Å². The third-order valence-electron chi connectivity index (χ3n) is 4.28. The Bertz CT molecular complexity index is 760. The van der Waals surface area contributed by atoms with Crippen molar-refractivity contribution in [3.05, 3.63) is 41.6 Å². The van der Waals surface area contributed by atoms with Crippen molar-refractivity contribution in [2.75, 3.05) is 31.2 Å². The van der Waals surface area contributed by atoms with E-state index in [1.165, 1.54) is 0 Å². The third-order valence-corrected chi connectivity index (χ3v) is 4.61. The van der Waals surface area contributed by atoms with Crippen LogP contribution in [0, 0.1) is 5.92 Å². The molecule has 1 amide bonds. The van der Waals surface area contributed by atoms with Crippen LogP contribution in [0.25, 0.3) is 0 Å². The minimum Gasteiger partial charge on any atom is -0.457 e. The number of halogens is 1. The Balaban J connectivity index is 1.64. The molecule has 0 radical (unpaired) electrons. The molecule has 0 atom stereocenters. The van der Waals surface area contributed by atoms with E-state index in [1.54, 1.807) is 36.5 Å². The quantitative estimate of drug-likeness (QED) is 0.817. The number of nitrogen functional groups attached to an aromatic ring is 1. The number of likely N-dealkylation sites (tertiary alicyclic amines) is 1. The SMILES string of the molecule is CN1CCC(C(=O)Nc2cc(Oc3ccc(N)c(Cl)c3)ccn2)CC1. The molecule has 1 fully saturated rings. The van der Waals surface area contributed by atoms with Crippen LogP contribution in [-0.2, 0) is 4.79 Å². The molecule has 1 aliphatic heterocycles. The van der Waals surface area contributed by atoms with Gasteiger partial charge in [0.2, 0.25) is 5.91 Å². The Kier molecular flexibility index (Phi) is 5.40. The van der Waals surface area contributed by atoms with Crippen LogP contribution >= 0.6 is 11.6 Å². The maximum atomic E-state index is 12.4. The summed E-state index contributed by atoms with van der Waals surface area (Å²) in [5, 5.41) is 3.31. The number of hydrogen-bond donors (Lipinski definition) is 2. The molecule has 1 aromatic carbocycles. The molecule has 0 aliphatic carbocycles. The van der Waals surface area contributed by atoms with Crippen molar-refractivity contribution >= 4 is 29.0 Å². The van der Waals surface area contributed by atoms with Gasteiger partial charge in [0.1, 0.15) is 17.3 Å². The highest BCUT2D eigenvalue weighted by atomic mass is 35.5. The van der Waals surface area contributed by atoms with Crippen molar-refractivity contribution in [3.63, 3.8) is 0 Å². The van der Waals surface area contributed by atoms with E-state index in [0.29, 0.717) is 28.0 Å². The van der Waals surface area contributed by atoms with Crippen LogP contribution in [0.3, 0.4) is 0 Å². The van der Waals surface area contributed by atoms with Gasteiger partial charge in [0, 0.05) is 24.2 Å². The lowest BCUT2D eigenvalue weighted by atomic mass is 9.96. The first-order valence-electron chi connectivity index (χ1n) is 8.19. The molecule has 7 heteroatoms. The number of nitrogens with zero attached hydrogens (tertiary/aromatic N) is 2. The second-order valence-corrected chi connectivity index (χ2v) is 6.64. The lowest BCUT2D eigenvalue weighted by molar-refractivity contribution is -0.121. The summed E-state index contributed by atoms with van der Waals surface area (Å²) >= 11 is 6.00. The van der Waals surface area contributed by atoms with E-state index < -0.39 is 0 Å². The Morgan fingerprint density at radius 3 is 2.72 bits per heavy atom. The summed E-state index contributed by atoms with van der Waals surface area (Å²) in [5.41, 5.74) is 6.19. The van der Waals surface area contributed by atoms with Gasteiger partial charge < -0.3 is 20.7 Å². The normalized spacial score (nSPS) is 15.8. The summed E-state index contributed by atoms with van der Waals surface area (Å²) in [4.78, 5) is 18.8. The summed E-state index contributed by atoms with van der Waals surface area (Å²) < 4.78 is 5.76. The number of nitrogens with two attached hydrogens (primary N) is 1. The molecule has 1 saturated heterocycles. The number of anilines is 2. The van der Waals surface area contributed by atoms with Crippen LogP contribution in [0.4, 0.5) is 11.5 Å². The van der Waals surface area contributed by atoms with Crippen molar-refractivity contribution in [2.45, 2.75) is 12.8 Å². The number of piperidine rings is 1. The molecule has 0 saturated carbocycles. The molecule has 6 nitrogen and oxygen atoms in total. The summed E-state index contributed by atoms with van der Waals surface area (Å²) in [6.07, 6.45) is 3.32. The highest BCUT2D eigenvalue weighted by Gasteiger charge is 2.23. The first kappa shape index (κ1) is 17.5. The van der Waals surface area contributed by atoms with Gasteiger partial charge in [-0.25, -0.2) is 4.98 Å². The number of ether oxygens (including phenoxy) is 1. The Labute approximate surface area is 151 Å². The molecular formula is C18H21ClN4O2. The van der Waals surface area contributed by atoms with Gasteiger partial charge in [-0.1, -0.05) is 11.6 Å². The van der Waals surface area contributed by atoms with Gasteiger partial charge in [0.15, 0.2) is 0 Å². The number of rotatable bonds is 4. The number of pyridine rings is 1. The zero-order valence-electron chi connectivity index (χ0n) is 14.0. The van der Waals surface area contributed by atoms with Crippen molar-refractivity contribution in [1.29, 1.82) is 0 Å². The number of hydrogen-bond acceptors (Lipinski definition) is 5. The number of carbonyl (C=O) groups excluding carboxylic acids is 1. The lowest BCUT2D eigenvalue weighted by Gasteiger charge is -2.27. The second kappa shape index (κ2) is 7.72. The predicted octanol–water partition coefficient (Wildman–Crippen LogP) is 3.39. The van der Waals surface area contributed by atoms with Crippen LogP contribution in [0.2, 0.25) is 5.02 Å². The number of benzene rings is 1. The molecule has 1 aromatic heterocycles. The topological polar surface area (TPSA) is 80.5 Å². The van der Waals surface area contributed by atoms with E-state index in [0.717, 1.165) is 25.9 Å². The third kappa shape index (κ3) is 4.61. The molecule has 3 rings (SSSR count). The van der Waals surface area contributed by atoms with E-state index in [9.17, 15) is 4.79 Å². The molecule has 132 valence electrons. The molecule has 0 unspecified atom stereocenters. The van der Waals surface area contributed by atoms with Crippen LogP contribution in [0.15, 0.2) is 36.5 Å². The van der Waals surface area contributed by atoms with E-state index in [4.69, 9.17) is 22.1 Å². The first-order chi connectivity index (χ1) is 12.0. The van der Waals surface area contributed by atoms with E-state index in [2.05, 4.69) is 22.2 Å². The minimum atomic E-state index is 0.00767. The van der Waals surface area contributed by atoms with Gasteiger partial charge in [-0.2, -0.15) is 0 Å². The van der Waals surface area contributed by atoms with E-state index >= 15 is 0 Å². The molecule has 2 aromatic rings. The van der Waals surface area contributed by atoms with E-state index in [-0.39, 0.29) is 11.8 Å². The number of carbonyl (C=O) groups is 1. The summed E-state index contributed by atoms with van der Waals surface area (Å²) in [7, 11) is 2.07. The average molecular weight is 361 g/mol. The van der Waals surface area contributed by atoms with Crippen molar-refractivity contribution in [2.24, 2.45) is 5.92 Å². The minimum absolute atomic E-state index is 0.00767. The second-order valence-electron chi connectivity index (χ2n) is 6.23. The Hall–Kier alpha value is -2.31. The first-order valence-corrected chi connectivity index (χ1v) is 8.57. The van der Waals surface area contributed by atoms with Crippen molar-refractivity contribution in [3.8, 4) is 11.5 Å². The van der Waals surface area contributed by atoms with Gasteiger partial charge in [-0.15, -0.1) is 0 Å². The standard InChI is InChI=1S/C18H21ClN4O2/c1-23-8-5-12(6-9-23)18(24)22-17-11-14(4-7-21-17)25-13-2-3-16(20)15(19)10-13/h2-4,7,10-12H,5-6,8-9,20H2,1H3,(H,21,22,24). The lowest BCUT2D eigenvalue weighted by Crippen LogP contribution is -2.36. The fraction of sp³-hybridized carbons (Fsp3) is 0.333. The number of aromatic nitrogens is 1. The van der Waals surface area contributed by atoms with Gasteiger partial charge in [0.25, 0.3) is 0 Å². The maximum absolute atomic E-state index is 12.4. The number of amides is 1. The van der Waals surface area contributed by atoms with Crippen molar-refractivity contribution < 1.29 is 9.53 Å².